The van der Waals surface area contributed by atoms with Crippen molar-refractivity contribution in [2.45, 2.75) is 26.1 Å². The molecule has 0 amide bonds. The molecule has 0 radical (unpaired) electrons. The molecule has 3 aliphatic heterocycles. The molecule has 3 aliphatic rings. The van der Waals surface area contributed by atoms with Crippen LogP contribution in [0.5, 0.6) is 0 Å². The van der Waals surface area contributed by atoms with Crippen molar-refractivity contribution in [3.63, 3.8) is 0 Å². The number of carbonyl (C=O) groups excluding carboxylic acids is 1. The van der Waals surface area contributed by atoms with Crippen molar-refractivity contribution in [1.82, 2.24) is 19.5 Å². The van der Waals surface area contributed by atoms with E-state index in [1.54, 1.807) is 16.6 Å². The number of alkyl halides is 3. The van der Waals surface area contributed by atoms with E-state index < -0.39 is 28.5 Å². The summed E-state index contributed by atoms with van der Waals surface area (Å²) in [6, 6.07) is 5.84. The number of aromatic nitrogens is 3. The van der Waals surface area contributed by atoms with Crippen LogP contribution >= 0.6 is 0 Å². The summed E-state index contributed by atoms with van der Waals surface area (Å²) in [6.45, 7) is 5.68. The van der Waals surface area contributed by atoms with Gasteiger partial charge in [-0.05, 0) is 24.1 Å². The third-order valence-corrected chi connectivity index (χ3v) is 9.89. The van der Waals surface area contributed by atoms with Gasteiger partial charge in [-0.2, -0.15) is 13.2 Å². The first-order valence-electron chi connectivity index (χ1n) is 13.1. The summed E-state index contributed by atoms with van der Waals surface area (Å²) >= 11 is 0. The second-order valence-electron chi connectivity index (χ2n) is 10.9. The Kier molecular flexibility index (Phi) is 6.86. The molecule has 0 bridgehead atoms. The summed E-state index contributed by atoms with van der Waals surface area (Å²) in [5, 5.41) is 4.85. The Hall–Kier alpha value is -3.03. The van der Waals surface area contributed by atoms with Crippen LogP contribution < -0.4 is 4.90 Å². The first kappa shape index (κ1) is 27.2. The van der Waals surface area contributed by atoms with Crippen LogP contribution in [0, 0.1) is 12.3 Å². The lowest BCUT2D eigenvalue weighted by atomic mass is 9.83. The highest BCUT2D eigenvalue weighted by molar-refractivity contribution is 7.86. The quantitative estimate of drug-likeness (QED) is 0.414. The van der Waals surface area contributed by atoms with Crippen molar-refractivity contribution < 1.29 is 31.6 Å². The molecule has 13 heteroatoms. The Morgan fingerprint density at radius 3 is 2.58 bits per heavy atom. The van der Waals surface area contributed by atoms with Gasteiger partial charge in [-0.3, -0.25) is 9.11 Å². The molecule has 2 aromatic heterocycles. The minimum atomic E-state index is -4.48. The van der Waals surface area contributed by atoms with Crippen molar-refractivity contribution in [1.29, 1.82) is 0 Å². The van der Waals surface area contributed by atoms with Crippen LogP contribution in [0.3, 0.4) is 0 Å². The summed E-state index contributed by atoms with van der Waals surface area (Å²) in [6.07, 6.45) is -4.33. The number of morpholine rings is 1. The summed E-state index contributed by atoms with van der Waals surface area (Å²) in [7, 11) is 0.543. The number of anilines is 1. The number of nitrogens with zero attached hydrogens (tertiary/aromatic N) is 5. The number of ether oxygens (including phenoxy) is 2. The molecule has 6 rings (SSSR count). The molecule has 40 heavy (non-hydrogen) atoms. The van der Waals surface area contributed by atoms with Crippen LogP contribution in [0.15, 0.2) is 24.3 Å². The van der Waals surface area contributed by atoms with Gasteiger partial charge in [-0.1, -0.05) is 12.1 Å². The number of rotatable bonds is 6. The van der Waals surface area contributed by atoms with Crippen LogP contribution in [-0.2, 0) is 39.4 Å². The number of hydrogen-bond donors (Lipinski definition) is 0. The lowest BCUT2D eigenvalue weighted by Crippen LogP contribution is -2.66. The Labute approximate surface area is 231 Å². The summed E-state index contributed by atoms with van der Waals surface area (Å²) in [5.41, 5.74) is 1.86. The average molecular weight is 578 g/mol. The standard InChI is InChI=1S/C27H30F3N5O4S/c1-17-18(4-3-5-20(17)27(28,29)30)10-22-21(12-33-13-26(14-33)15-40(37)16-26)31-24-19(25(36)38-2)11-23(32-35(22)24)34-6-8-39-9-7-34/h3-5,11H,6-10,12-16H2,1-2H3. The van der Waals surface area contributed by atoms with Crippen LogP contribution in [0.25, 0.3) is 5.65 Å². The highest BCUT2D eigenvalue weighted by Gasteiger charge is 2.51. The van der Waals surface area contributed by atoms with Gasteiger partial charge in [-0.25, -0.2) is 14.3 Å². The molecule has 214 valence electrons. The van der Waals surface area contributed by atoms with E-state index >= 15 is 0 Å². The number of likely N-dealkylation sites (tertiary alicyclic amines) is 1. The van der Waals surface area contributed by atoms with Crippen LogP contribution in [0.2, 0.25) is 0 Å². The van der Waals surface area contributed by atoms with Gasteiger partial charge in [0.25, 0.3) is 0 Å². The number of halogens is 3. The molecule has 3 fully saturated rings. The first-order chi connectivity index (χ1) is 19.1. The lowest BCUT2D eigenvalue weighted by Gasteiger charge is -2.54. The maximum atomic E-state index is 13.7. The third kappa shape index (κ3) is 4.88. The van der Waals surface area contributed by atoms with Gasteiger partial charge in [0, 0.05) is 72.9 Å². The summed E-state index contributed by atoms with van der Waals surface area (Å²) < 4.78 is 65.0. The van der Waals surface area contributed by atoms with E-state index in [4.69, 9.17) is 19.6 Å². The zero-order valence-electron chi connectivity index (χ0n) is 22.3. The molecule has 1 aromatic carbocycles. The van der Waals surface area contributed by atoms with Crippen molar-refractivity contribution in [2.75, 3.05) is 62.9 Å². The highest BCUT2D eigenvalue weighted by Crippen LogP contribution is 2.41. The molecular formula is C27H30F3N5O4S. The molecule has 0 N–H and O–H groups in total. The predicted molar refractivity (Wildman–Crippen MR) is 142 cm³/mol. The van der Waals surface area contributed by atoms with Gasteiger partial charge in [0.1, 0.15) is 5.56 Å². The minimum Gasteiger partial charge on any atom is -0.465 e. The second-order valence-corrected chi connectivity index (χ2v) is 12.3. The van der Waals surface area contributed by atoms with E-state index in [0.29, 0.717) is 72.8 Å². The highest BCUT2D eigenvalue weighted by atomic mass is 32.2. The van der Waals surface area contributed by atoms with Crippen LogP contribution in [-0.4, -0.2) is 87.7 Å². The molecule has 0 aliphatic carbocycles. The average Bonchev–Trinajstić information content (AvgIpc) is 3.23. The van der Waals surface area contributed by atoms with E-state index in [-0.39, 0.29) is 23.0 Å². The molecular weight excluding hydrogens is 547 g/mol. The first-order valence-corrected chi connectivity index (χ1v) is 14.6. The van der Waals surface area contributed by atoms with E-state index in [9.17, 15) is 22.2 Å². The molecule has 3 aromatic rings. The van der Waals surface area contributed by atoms with E-state index in [1.807, 2.05) is 4.90 Å². The van der Waals surface area contributed by atoms with E-state index in [0.717, 1.165) is 19.2 Å². The van der Waals surface area contributed by atoms with E-state index in [2.05, 4.69) is 4.90 Å². The number of esters is 1. The van der Waals surface area contributed by atoms with Crippen molar-refractivity contribution >= 4 is 28.2 Å². The van der Waals surface area contributed by atoms with Gasteiger partial charge in [0.05, 0.1) is 37.3 Å². The largest absolute Gasteiger partial charge is 0.465 e. The molecule has 1 spiro atoms. The second kappa shape index (κ2) is 10.1. The topological polar surface area (TPSA) is 89.3 Å². The molecule has 3 saturated heterocycles. The number of imidazole rings is 1. The molecule has 0 atom stereocenters. The van der Waals surface area contributed by atoms with Crippen LogP contribution in [0.1, 0.15) is 38.4 Å². The van der Waals surface area contributed by atoms with Gasteiger partial charge in [0.15, 0.2) is 11.5 Å². The van der Waals surface area contributed by atoms with Gasteiger partial charge >= 0.3 is 12.1 Å². The predicted octanol–water partition coefficient (Wildman–Crippen LogP) is 2.83. The van der Waals surface area contributed by atoms with Crippen molar-refractivity contribution in [2.24, 2.45) is 5.41 Å². The Morgan fingerprint density at radius 1 is 1.20 bits per heavy atom. The number of hydrogen-bond acceptors (Lipinski definition) is 8. The maximum absolute atomic E-state index is 13.7. The Balaban J connectivity index is 1.45. The Bertz CT molecular complexity index is 1490. The molecule has 0 unspecified atom stereocenters. The minimum absolute atomic E-state index is 0.0841. The van der Waals surface area contributed by atoms with Gasteiger partial charge < -0.3 is 14.4 Å². The SMILES string of the molecule is COC(=O)c1cc(N2CCOCC2)nn2c(Cc3cccc(C(F)(F)F)c3C)c(CN3CC4(C3)CS(=O)C4)nc12. The monoisotopic (exact) mass is 577 g/mol. The fourth-order valence-electron chi connectivity index (χ4n) is 6.02. The Morgan fingerprint density at radius 2 is 1.93 bits per heavy atom. The van der Waals surface area contributed by atoms with Crippen molar-refractivity contribution in [3.05, 3.63) is 57.9 Å². The lowest BCUT2D eigenvalue weighted by molar-refractivity contribution is -0.138. The number of fused-ring (bicyclic) bond motifs is 1. The number of methoxy groups -OCH3 is 1. The number of carbonyl (C=O) groups is 1. The molecule has 0 saturated carbocycles. The van der Waals surface area contributed by atoms with Crippen molar-refractivity contribution in [3.8, 4) is 0 Å². The number of benzene rings is 1. The normalized spacial score (nSPS) is 19.6. The van der Waals surface area contributed by atoms with Gasteiger partial charge in [-0.15, -0.1) is 5.10 Å². The summed E-state index contributed by atoms with van der Waals surface area (Å²) in [4.78, 5) is 21.9. The fourth-order valence-corrected chi connectivity index (χ4v) is 7.67. The molecule has 5 heterocycles. The molecule has 9 nitrogen and oxygen atoms in total. The fraction of sp³-hybridized carbons (Fsp3) is 0.519. The van der Waals surface area contributed by atoms with Gasteiger partial charge in [0.2, 0.25) is 0 Å². The zero-order valence-corrected chi connectivity index (χ0v) is 23.1. The zero-order chi connectivity index (χ0) is 28.2. The van der Waals surface area contributed by atoms with Crippen LogP contribution in [0.4, 0.5) is 19.0 Å². The third-order valence-electron chi connectivity index (χ3n) is 8.02. The van der Waals surface area contributed by atoms with E-state index in [1.165, 1.54) is 20.1 Å². The maximum Gasteiger partial charge on any atom is 0.416 e. The summed E-state index contributed by atoms with van der Waals surface area (Å²) in [5.74, 6) is 1.37. The smallest absolute Gasteiger partial charge is 0.416 e.